The molecule has 1 unspecified atom stereocenters. The van der Waals surface area contributed by atoms with E-state index in [1.54, 1.807) is 30.7 Å². The lowest BCUT2D eigenvalue weighted by Gasteiger charge is -2.34. The number of nitrogens with one attached hydrogen (secondary N) is 2. The Kier molecular flexibility index (Phi) is 6.72. The van der Waals surface area contributed by atoms with Crippen molar-refractivity contribution in [3.05, 3.63) is 102 Å². The van der Waals surface area contributed by atoms with Crippen LogP contribution in [0.25, 0.3) is 5.70 Å². The fourth-order valence-electron chi connectivity index (χ4n) is 3.86. The van der Waals surface area contributed by atoms with Crippen LogP contribution in [0.2, 0.25) is 0 Å². The quantitative estimate of drug-likeness (QED) is 0.522. The number of benzene rings is 1. The van der Waals surface area contributed by atoms with E-state index in [2.05, 4.69) is 65.9 Å². The minimum atomic E-state index is -0.284. The average molecular weight is 456 g/mol. The maximum atomic E-state index is 11.5. The Morgan fingerprint density at radius 1 is 1.00 bits per heavy atom. The van der Waals surface area contributed by atoms with Gasteiger partial charge in [0.05, 0.1) is 23.3 Å². The SMILES string of the molecule is CC(=O)C1=CC=C(c2ccc(C(C)(c3ccc(OCc4ncccn4)cn3)C(C)C)cc2)NN1. The number of nitrogens with zero attached hydrogens (tertiary/aromatic N) is 3. The molecule has 34 heavy (non-hydrogen) atoms. The van der Waals surface area contributed by atoms with E-state index in [-0.39, 0.29) is 11.2 Å². The first-order chi connectivity index (χ1) is 16.4. The smallest absolute Gasteiger partial charge is 0.177 e. The number of hydrogen-bond donors (Lipinski definition) is 2. The summed E-state index contributed by atoms with van der Waals surface area (Å²) in [6.45, 7) is 8.46. The van der Waals surface area contributed by atoms with Crippen LogP contribution in [0.3, 0.4) is 0 Å². The van der Waals surface area contributed by atoms with E-state index in [0.717, 1.165) is 17.0 Å². The minimum Gasteiger partial charge on any atom is -0.484 e. The van der Waals surface area contributed by atoms with Crippen molar-refractivity contribution in [2.45, 2.75) is 39.7 Å². The van der Waals surface area contributed by atoms with Gasteiger partial charge in [0, 0.05) is 24.7 Å². The molecule has 1 aromatic carbocycles. The number of pyridine rings is 1. The summed E-state index contributed by atoms with van der Waals surface area (Å²) in [6, 6.07) is 14.2. The lowest BCUT2D eigenvalue weighted by atomic mass is 9.70. The zero-order valence-electron chi connectivity index (χ0n) is 19.9. The highest BCUT2D eigenvalue weighted by Gasteiger charge is 2.34. The van der Waals surface area contributed by atoms with Crippen LogP contribution in [0, 0.1) is 5.92 Å². The van der Waals surface area contributed by atoms with Gasteiger partial charge in [0.2, 0.25) is 0 Å². The Balaban J connectivity index is 1.53. The van der Waals surface area contributed by atoms with Crippen molar-refractivity contribution >= 4 is 11.5 Å². The molecule has 0 fully saturated rings. The second-order valence-electron chi connectivity index (χ2n) is 8.73. The lowest BCUT2D eigenvalue weighted by molar-refractivity contribution is -0.114. The van der Waals surface area contributed by atoms with Crippen LogP contribution in [0.1, 0.15) is 50.3 Å². The Labute approximate surface area is 200 Å². The summed E-state index contributed by atoms with van der Waals surface area (Å²) < 4.78 is 5.80. The van der Waals surface area contributed by atoms with Gasteiger partial charge in [-0.1, -0.05) is 38.1 Å². The second-order valence-corrected chi connectivity index (χ2v) is 8.73. The summed E-state index contributed by atoms with van der Waals surface area (Å²) in [5.74, 6) is 1.61. The molecule has 0 amide bonds. The number of carbonyl (C=O) groups excluding carboxylic acids is 1. The summed E-state index contributed by atoms with van der Waals surface area (Å²) >= 11 is 0. The van der Waals surface area contributed by atoms with Crippen LogP contribution in [-0.2, 0) is 16.8 Å². The van der Waals surface area contributed by atoms with E-state index in [0.29, 0.717) is 29.8 Å². The summed E-state index contributed by atoms with van der Waals surface area (Å²) in [5.41, 5.74) is 10.4. The van der Waals surface area contributed by atoms with E-state index in [4.69, 9.17) is 9.72 Å². The molecule has 3 heterocycles. The van der Waals surface area contributed by atoms with Crippen molar-refractivity contribution < 1.29 is 9.53 Å². The van der Waals surface area contributed by atoms with Gasteiger partial charge in [-0.3, -0.25) is 15.2 Å². The Hall–Kier alpha value is -4.00. The van der Waals surface area contributed by atoms with Gasteiger partial charge in [-0.05, 0) is 54.3 Å². The van der Waals surface area contributed by atoms with Crippen molar-refractivity contribution in [2.75, 3.05) is 0 Å². The molecule has 7 nitrogen and oxygen atoms in total. The third-order valence-corrected chi connectivity index (χ3v) is 6.33. The predicted molar refractivity (Wildman–Crippen MR) is 131 cm³/mol. The first kappa shape index (κ1) is 23.2. The number of ether oxygens (including phenoxy) is 1. The van der Waals surface area contributed by atoms with E-state index in [9.17, 15) is 4.79 Å². The Bertz CT molecular complexity index is 1200. The van der Waals surface area contributed by atoms with Crippen molar-refractivity contribution in [1.82, 2.24) is 25.8 Å². The third-order valence-electron chi connectivity index (χ3n) is 6.33. The van der Waals surface area contributed by atoms with Gasteiger partial charge in [-0.2, -0.15) is 0 Å². The highest BCUT2D eigenvalue weighted by Crippen LogP contribution is 2.38. The van der Waals surface area contributed by atoms with Crippen LogP contribution in [-0.4, -0.2) is 20.7 Å². The highest BCUT2D eigenvalue weighted by molar-refractivity contribution is 5.93. The topological polar surface area (TPSA) is 89.0 Å². The molecule has 1 aliphatic heterocycles. The van der Waals surface area contributed by atoms with E-state index >= 15 is 0 Å². The second kappa shape index (κ2) is 9.87. The maximum absolute atomic E-state index is 11.5. The van der Waals surface area contributed by atoms with Gasteiger partial charge < -0.3 is 10.2 Å². The molecule has 0 saturated heterocycles. The zero-order valence-corrected chi connectivity index (χ0v) is 19.9. The molecule has 1 aliphatic rings. The van der Waals surface area contributed by atoms with Gasteiger partial charge in [0.1, 0.15) is 12.4 Å². The van der Waals surface area contributed by atoms with Crippen LogP contribution in [0.15, 0.2) is 78.9 Å². The van der Waals surface area contributed by atoms with Gasteiger partial charge >= 0.3 is 0 Å². The summed E-state index contributed by atoms with van der Waals surface area (Å²) in [5, 5.41) is 0. The molecular formula is C27H29N5O2. The lowest BCUT2D eigenvalue weighted by Crippen LogP contribution is -2.34. The first-order valence-corrected chi connectivity index (χ1v) is 11.3. The van der Waals surface area contributed by atoms with E-state index < -0.39 is 0 Å². The van der Waals surface area contributed by atoms with Gasteiger partial charge in [0.25, 0.3) is 0 Å². The molecule has 3 aromatic rings. The molecule has 1 atom stereocenters. The fraction of sp³-hybridized carbons (Fsp3) is 0.259. The largest absolute Gasteiger partial charge is 0.484 e. The zero-order chi connectivity index (χ0) is 24.1. The van der Waals surface area contributed by atoms with Crippen LogP contribution in [0.4, 0.5) is 0 Å². The first-order valence-electron chi connectivity index (χ1n) is 11.3. The fourth-order valence-corrected chi connectivity index (χ4v) is 3.86. The molecular weight excluding hydrogens is 426 g/mol. The van der Waals surface area contributed by atoms with E-state index in [1.165, 1.54) is 12.5 Å². The molecule has 0 bridgehead atoms. The maximum Gasteiger partial charge on any atom is 0.177 e. The van der Waals surface area contributed by atoms with Crippen molar-refractivity contribution in [3.8, 4) is 5.75 Å². The Morgan fingerprint density at radius 2 is 1.74 bits per heavy atom. The van der Waals surface area contributed by atoms with Gasteiger partial charge in [-0.15, -0.1) is 0 Å². The molecule has 2 aromatic heterocycles. The average Bonchev–Trinajstić information content (AvgIpc) is 2.88. The number of ketones is 1. The molecule has 4 rings (SSSR count). The van der Waals surface area contributed by atoms with Crippen molar-refractivity contribution in [1.29, 1.82) is 0 Å². The normalized spacial score (nSPS) is 14.9. The number of carbonyl (C=O) groups is 1. The minimum absolute atomic E-state index is 0.0110. The van der Waals surface area contributed by atoms with Gasteiger partial charge in [-0.25, -0.2) is 9.97 Å². The monoisotopic (exact) mass is 455 g/mol. The molecule has 0 saturated carbocycles. The molecule has 7 heteroatoms. The van der Waals surface area contributed by atoms with Crippen LogP contribution >= 0.6 is 0 Å². The number of aromatic nitrogens is 3. The Morgan fingerprint density at radius 3 is 2.29 bits per heavy atom. The molecule has 0 spiro atoms. The number of hydrazine groups is 1. The number of Topliss-reactive ketones (excluding diaryl/α,β-unsaturated/α-hetero) is 1. The number of allylic oxidation sites excluding steroid dienone is 3. The standard InChI is InChI=1S/C27H29N5O2/c1-18(2)27(4,25-13-10-22(16-30-25)34-17-26-28-14-5-15-29-26)21-8-6-20(7-9-21)24-12-11-23(19(3)33)31-32-24/h5-16,18,31-32H,17H2,1-4H3. The van der Waals surface area contributed by atoms with Crippen molar-refractivity contribution in [3.63, 3.8) is 0 Å². The van der Waals surface area contributed by atoms with Crippen LogP contribution in [0.5, 0.6) is 5.75 Å². The summed E-state index contributed by atoms with van der Waals surface area (Å²) in [6.07, 6.45) is 8.85. The summed E-state index contributed by atoms with van der Waals surface area (Å²) in [7, 11) is 0. The molecule has 0 aliphatic carbocycles. The van der Waals surface area contributed by atoms with Crippen LogP contribution < -0.4 is 15.6 Å². The van der Waals surface area contributed by atoms with E-state index in [1.807, 2.05) is 18.2 Å². The summed E-state index contributed by atoms with van der Waals surface area (Å²) in [4.78, 5) is 24.6. The number of hydrogen-bond acceptors (Lipinski definition) is 7. The highest BCUT2D eigenvalue weighted by atomic mass is 16.5. The third kappa shape index (κ3) is 4.83. The molecule has 0 radical (unpaired) electrons. The number of rotatable bonds is 8. The van der Waals surface area contributed by atoms with Gasteiger partial charge in [0.15, 0.2) is 11.6 Å². The molecule has 174 valence electrons. The molecule has 2 N–H and O–H groups in total. The predicted octanol–water partition coefficient (Wildman–Crippen LogP) is 4.33. The van der Waals surface area contributed by atoms with Crippen molar-refractivity contribution in [2.24, 2.45) is 5.92 Å².